The number of fused-ring (bicyclic) bond motifs is 1. The summed E-state index contributed by atoms with van der Waals surface area (Å²) in [6.07, 6.45) is 2.43. The Hall–Kier alpha value is -1.12. The molecule has 1 saturated carbocycles. The fraction of sp³-hybridized carbons (Fsp3) is 0.700. The van der Waals surface area contributed by atoms with E-state index in [2.05, 4.69) is 10.2 Å². The molecule has 0 radical (unpaired) electrons. The van der Waals surface area contributed by atoms with Gasteiger partial charge in [0.15, 0.2) is 0 Å². The van der Waals surface area contributed by atoms with Gasteiger partial charge in [0.1, 0.15) is 17.7 Å². The maximum absolute atomic E-state index is 14.0. The van der Waals surface area contributed by atoms with Crippen molar-refractivity contribution in [3.05, 3.63) is 35.4 Å². The molecule has 5 nitrogen and oxygen atoms in total. The first-order valence-electron chi connectivity index (χ1n) is 9.83. The van der Waals surface area contributed by atoms with E-state index in [1.54, 1.807) is 7.11 Å². The Morgan fingerprint density at radius 1 is 1.19 bits per heavy atom. The molecule has 1 aromatic carbocycles. The van der Waals surface area contributed by atoms with E-state index in [1.165, 1.54) is 18.9 Å². The predicted molar refractivity (Wildman–Crippen MR) is 98.0 cm³/mol. The van der Waals surface area contributed by atoms with Crippen LogP contribution in [-0.4, -0.2) is 56.6 Å². The molecule has 5 unspecified atom stereocenters. The van der Waals surface area contributed by atoms with Gasteiger partial charge in [-0.25, -0.2) is 8.78 Å². The van der Waals surface area contributed by atoms with E-state index < -0.39 is 17.7 Å². The molecule has 2 saturated heterocycles. The van der Waals surface area contributed by atoms with Crippen LogP contribution in [0.3, 0.4) is 0 Å². The van der Waals surface area contributed by atoms with Gasteiger partial charge < -0.3 is 20.5 Å². The molecule has 0 aromatic heterocycles. The number of methoxy groups -OCH3 is 1. The molecule has 2 aliphatic heterocycles. The first-order chi connectivity index (χ1) is 13.0. The van der Waals surface area contributed by atoms with Crippen molar-refractivity contribution in [2.45, 2.75) is 43.5 Å². The number of rotatable bonds is 5. The first kappa shape index (κ1) is 19.2. The van der Waals surface area contributed by atoms with Crippen LogP contribution in [0.25, 0.3) is 0 Å². The zero-order valence-corrected chi connectivity index (χ0v) is 15.7. The molecule has 2 heterocycles. The Kier molecular flexibility index (Phi) is 5.75. The topological polar surface area (TPSA) is 59.8 Å². The minimum atomic E-state index is -0.593. The van der Waals surface area contributed by atoms with E-state index in [0.717, 1.165) is 37.1 Å². The van der Waals surface area contributed by atoms with Crippen molar-refractivity contribution in [2.75, 3.05) is 33.5 Å². The largest absolute Gasteiger partial charge is 0.370 e. The summed E-state index contributed by atoms with van der Waals surface area (Å²) in [6, 6.07) is 3.72. The number of nitrogens with two attached hydrogens (primary N) is 1. The van der Waals surface area contributed by atoms with Crippen LogP contribution in [0, 0.1) is 23.5 Å². The van der Waals surface area contributed by atoms with Crippen molar-refractivity contribution in [1.29, 1.82) is 0 Å². The fourth-order valence-corrected chi connectivity index (χ4v) is 5.19. The minimum Gasteiger partial charge on any atom is -0.370 e. The van der Waals surface area contributed by atoms with Crippen LogP contribution in [0.1, 0.15) is 30.9 Å². The summed E-state index contributed by atoms with van der Waals surface area (Å²) in [5.74, 6) is 0.518. The average molecular weight is 381 g/mol. The highest BCUT2D eigenvalue weighted by molar-refractivity contribution is 5.23. The van der Waals surface area contributed by atoms with Gasteiger partial charge in [-0.2, -0.15) is 0 Å². The van der Waals surface area contributed by atoms with Gasteiger partial charge in [-0.05, 0) is 49.3 Å². The highest BCUT2D eigenvalue weighted by Gasteiger charge is 2.42. The zero-order valence-electron chi connectivity index (χ0n) is 15.7. The van der Waals surface area contributed by atoms with Gasteiger partial charge in [-0.1, -0.05) is 0 Å². The third-order valence-electron chi connectivity index (χ3n) is 6.30. The van der Waals surface area contributed by atoms with E-state index >= 15 is 0 Å². The van der Waals surface area contributed by atoms with Crippen LogP contribution in [-0.2, 0) is 9.47 Å². The van der Waals surface area contributed by atoms with Crippen LogP contribution in [0.15, 0.2) is 18.2 Å². The second-order valence-electron chi connectivity index (χ2n) is 8.33. The lowest BCUT2D eigenvalue weighted by Gasteiger charge is -2.36. The predicted octanol–water partition coefficient (Wildman–Crippen LogP) is 2.03. The molecular formula is C20H29F2N3O2. The van der Waals surface area contributed by atoms with Crippen molar-refractivity contribution < 1.29 is 18.3 Å². The highest BCUT2D eigenvalue weighted by Crippen LogP contribution is 2.38. The van der Waals surface area contributed by atoms with E-state index in [-0.39, 0.29) is 17.6 Å². The molecule has 27 heavy (non-hydrogen) atoms. The summed E-state index contributed by atoms with van der Waals surface area (Å²) in [6.45, 7) is 3.40. The second kappa shape index (κ2) is 8.09. The Balaban J connectivity index is 1.29. The summed E-state index contributed by atoms with van der Waals surface area (Å²) in [4.78, 5) is 2.38. The number of likely N-dealkylation sites (tertiary alicyclic amines) is 1. The molecule has 0 bridgehead atoms. The van der Waals surface area contributed by atoms with Crippen LogP contribution in [0.4, 0.5) is 8.78 Å². The molecule has 5 atom stereocenters. The smallest absolute Gasteiger partial charge is 0.129 e. The van der Waals surface area contributed by atoms with E-state index in [1.807, 2.05) is 0 Å². The molecule has 1 aliphatic carbocycles. The maximum Gasteiger partial charge on any atom is 0.129 e. The molecular weight excluding hydrogens is 352 g/mol. The van der Waals surface area contributed by atoms with Gasteiger partial charge in [0.05, 0.1) is 13.3 Å². The fourth-order valence-electron chi connectivity index (χ4n) is 5.19. The molecule has 7 heteroatoms. The van der Waals surface area contributed by atoms with Gasteiger partial charge in [0.25, 0.3) is 0 Å². The highest BCUT2D eigenvalue weighted by atomic mass is 19.1. The molecule has 150 valence electrons. The van der Waals surface area contributed by atoms with Crippen LogP contribution < -0.4 is 11.1 Å². The van der Waals surface area contributed by atoms with Gasteiger partial charge in [0, 0.05) is 43.9 Å². The summed E-state index contributed by atoms with van der Waals surface area (Å²) in [5, 5.41) is 3.70. The Labute approximate surface area is 159 Å². The Bertz CT molecular complexity index is 648. The number of ether oxygens (including phenoxy) is 2. The lowest BCUT2D eigenvalue weighted by Crippen LogP contribution is -2.50. The normalized spacial score (nSPS) is 36.9. The quantitative estimate of drug-likeness (QED) is 0.817. The van der Waals surface area contributed by atoms with Gasteiger partial charge in [-0.3, -0.25) is 4.90 Å². The van der Waals surface area contributed by atoms with Gasteiger partial charge in [-0.15, -0.1) is 0 Å². The molecule has 3 fully saturated rings. The lowest BCUT2D eigenvalue weighted by atomic mass is 9.93. The number of hydrogen-bond donors (Lipinski definition) is 2. The molecule has 1 aromatic rings. The summed E-state index contributed by atoms with van der Waals surface area (Å²) >= 11 is 0. The molecule has 3 aliphatic rings. The minimum absolute atomic E-state index is 0.159. The lowest BCUT2D eigenvalue weighted by molar-refractivity contribution is -0.0225. The van der Waals surface area contributed by atoms with Crippen molar-refractivity contribution in [1.82, 2.24) is 10.2 Å². The van der Waals surface area contributed by atoms with Crippen molar-refractivity contribution in [2.24, 2.45) is 17.6 Å². The summed E-state index contributed by atoms with van der Waals surface area (Å²) in [5.41, 5.74) is 6.48. The summed E-state index contributed by atoms with van der Waals surface area (Å²) < 4.78 is 38.6. The summed E-state index contributed by atoms with van der Waals surface area (Å²) in [7, 11) is 1.74. The SMILES string of the molecule is COCN1CC2CC(NC3COC(c4cc(F)ccc4F)C(N)C3)CC2C1. The standard InChI is InChI=1S/C20H29F2N3O2/c1-26-11-25-8-12-4-15(5-13(12)9-25)24-16-7-19(23)20(27-10-16)17-6-14(21)2-3-18(17)22/h2-3,6,12-13,15-16,19-20,24H,4-5,7-11,23H2,1H3. The average Bonchev–Trinajstić information content (AvgIpc) is 3.16. The number of hydrogen-bond acceptors (Lipinski definition) is 5. The Morgan fingerprint density at radius 3 is 2.59 bits per heavy atom. The van der Waals surface area contributed by atoms with Crippen molar-refractivity contribution in [3.8, 4) is 0 Å². The molecule has 4 rings (SSSR count). The monoisotopic (exact) mass is 381 g/mol. The van der Waals surface area contributed by atoms with Crippen molar-refractivity contribution >= 4 is 0 Å². The van der Waals surface area contributed by atoms with Crippen LogP contribution >= 0.6 is 0 Å². The maximum atomic E-state index is 14.0. The van der Waals surface area contributed by atoms with Gasteiger partial charge in [0.2, 0.25) is 0 Å². The third kappa shape index (κ3) is 4.17. The van der Waals surface area contributed by atoms with Crippen molar-refractivity contribution in [3.63, 3.8) is 0 Å². The van der Waals surface area contributed by atoms with E-state index in [9.17, 15) is 8.78 Å². The second-order valence-corrected chi connectivity index (χ2v) is 8.33. The molecule has 0 spiro atoms. The Morgan fingerprint density at radius 2 is 1.93 bits per heavy atom. The third-order valence-corrected chi connectivity index (χ3v) is 6.30. The van der Waals surface area contributed by atoms with Gasteiger partial charge >= 0.3 is 0 Å². The van der Waals surface area contributed by atoms with Crippen LogP contribution in [0.2, 0.25) is 0 Å². The first-order valence-corrected chi connectivity index (χ1v) is 9.83. The van der Waals surface area contributed by atoms with Crippen LogP contribution in [0.5, 0.6) is 0 Å². The zero-order chi connectivity index (χ0) is 19.0. The van der Waals surface area contributed by atoms with E-state index in [4.69, 9.17) is 15.2 Å². The number of halogens is 2. The molecule has 0 amide bonds. The number of nitrogens with one attached hydrogen (secondary N) is 1. The number of nitrogens with zero attached hydrogens (tertiary/aromatic N) is 1. The number of benzene rings is 1. The molecule has 3 N–H and O–H groups in total. The van der Waals surface area contributed by atoms with E-state index in [0.29, 0.717) is 25.8 Å².